The lowest BCUT2D eigenvalue weighted by Crippen LogP contribution is -2.35. The average Bonchev–Trinajstić information content (AvgIpc) is 3.55. The Balaban J connectivity index is 1.42. The van der Waals surface area contributed by atoms with Gasteiger partial charge >= 0.3 is 5.97 Å². The molecule has 0 spiro atoms. The lowest BCUT2D eigenvalue weighted by molar-refractivity contribution is -0.119. The van der Waals surface area contributed by atoms with E-state index in [1.54, 1.807) is 38.0 Å². The first-order valence-electron chi connectivity index (χ1n) is 10.9. The summed E-state index contributed by atoms with van der Waals surface area (Å²) < 4.78 is 4.39. The van der Waals surface area contributed by atoms with E-state index in [-0.39, 0.29) is 35.0 Å². The van der Waals surface area contributed by atoms with Gasteiger partial charge in [0.1, 0.15) is 17.4 Å². The lowest BCUT2D eigenvalue weighted by Gasteiger charge is -2.19. The Morgan fingerprint density at radius 3 is 2.11 bits per heavy atom. The molecular weight excluding hydrogens is 468 g/mol. The Morgan fingerprint density at radius 2 is 1.50 bits per heavy atom. The van der Waals surface area contributed by atoms with Crippen LogP contribution in [0.4, 0.5) is 17.2 Å². The second-order valence-electron chi connectivity index (χ2n) is 8.51. The fourth-order valence-electron chi connectivity index (χ4n) is 3.95. The minimum atomic E-state index is -1.12. The lowest BCUT2D eigenvalue weighted by atomic mass is 10.2. The molecule has 0 aromatic carbocycles. The number of aromatic nitrogens is 4. The normalized spacial score (nSPS) is 14.7. The highest BCUT2D eigenvalue weighted by atomic mass is 16.4. The number of nitrogens with zero attached hydrogens (tertiary/aromatic N) is 5. The maximum atomic E-state index is 12.9. The first kappa shape index (κ1) is 24.3. The van der Waals surface area contributed by atoms with Gasteiger partial charge in [0, 0.05) is 46.8 Å². The molecule has 0 radical (unpaired) electrons. The molecule has 0 saturated carbocycles. The SMILES string of the molecule is CN1C=CCC1C(=O)Nc1cc(C(=O)Nc2cn(C)c(C(=O)Nc3cc(C(=O)O)n(C)c3)n2)n(C)c1. The summed E-state index contributed by atoms with van der Waals surface area (Å²) in [4.78, 5) is 55.2. The van der Waals surface area contributed by atoms with Crippen LogP contribution in [0.15, 0.2) is 43.0 Å². The third-order valence-corrected chi connectivity index (χ3v) is 5.80. The van der Waals surface area contributed by atoms with Crippen molar-refractivity contribution >= 4 is 40.9 Å². The van der Waals surface area contributed by atoms with Crippen LogP contribution in [0.3, 0.4) is 0 Å². The van der Waals surface area contributed by atoms with E-state index in [2.05, 4.69) is 20.9 Å². The predicted octanol–water partition coefficient (Wildman–Crippen LogP) is 1.46. The van der Waals surface area contributed by atoms with E-state index in [1.165, 1.54) is 27.6 Å². The quantitative estimate of drug-likeness (QED) is 0.387. The molecule has 36 heavy (non-hydrogen) atoms. The highest BCUT2D eigenvalue weighted by Gasteiger charge is 2.25. The molecule has 4 heterocycles. The molecule has 4 rings (SSSR count). The summed E-state index contributed by atoms with van der Waals surface area (Å²) >= 11 is 0. The van der Waals surface area contributed by atoms with Gasteiger partial charge in [-0.1, -0.05) is 6.08 Å². The molecule has 1 aliphatic rings. The van der Waals surface area contributed by atoms with E-state index >= 15 is 0 Å². The van der Waals surface area contributed by atoms with Crippen molar-refractivity contribution in [3.05, 3.63) is 60.2 Å². The number of carbonyl (C=O) groups is 4. The van der Waals surface area contributed by atoms with Crippen molar-refractivity contribution in [1.82, 2.24) is 23.6 Å². The predicted molar refractivity (Wildman–Crippen MR) is 131 cm³/mol. The largest absolute Gasteiger partial charge is 0.477 e. The molecule has 0 fully saturated rings. The third kappa shape index (κ3) is 4.85. The van der Waals surface area contributed by atoms with Gasteiger partial charge in [-0.2, -0.15) is 0 Å². The number of imidazole rings is 1. The molecule has 0 aliphatic carbocycles. The Bertz CT molecular complexity index is 1400. The summed E-state index contributed by atoms with van der Waals surface area (Å²) in [6.45, 7) is 0. The van der Waals surface area contributed by atoms with Crippen LogP contribution in [0.2, 0.25) is 0 Å². The van der Waals surface area contributed by atoms with E-state index in [0.29, 0.717) is 17.8 Å². The van der Waals surface area contributed by atoms with Crippen LogP contribution in [0, 0.1) is 0 Å². The van der Waals surface area contributed by atoms with E-state index in [9.17, 15) is 19.2 Å². The number of carboxylic acids is 1. The van der Waals surface area contributed by atoms with E-state index in [1.807, 2.05) is 24.2 Å². The number of nitrogens with one attached hydrogen (secondary N) is 3. The van der Waals surface area contributed by atoms with E-state index in [0.717, 1.165) is 0 Å². The Morgan fingerprint density at radius 1 is 0.861 bits per heavy atom. The topological polar surface area (TPSA) is 156 Å². The molecular formula is C23H26N8O5. The molecule has 3 aromatic rings. The molecule has 0 saturated heterocycles. The number of carboxylic acid groups (broad SMARTS) is 1. The molecule has 1 unspecified atom stereocenters. The molecule has 1 aliphatic heterocycles. The molecule has 0 bridgehead atoms. The summed E-state index contributed by atoms with van der Waals surface area (Å²) in [5, 5.41) is 17.2. The smallest absolute Gasteiger partial charge is 0.352 e. The number of anilines is 3. The van der Waals surface area contributed by atoms with Crippen LogP contribution >= 0.6 is 0 Å². The third-order valence-electron chi connectivity index (χ3n) is 5.80. The monoisotopic (exact) mass is 494 g/mol. The van der Waals surface area contributed by atoms with Crippen LogP contribution in [-0.2, 0) is 25.9 Å². The standard InChI is InChI=1S/C23H26N8O5/c1-28-7-5-6-15(28)20(32)24-13-8-16(29(2)10-13)21(33)27-18-12-31(4)19(26-18)22(34)25-14-9-17(23(35)36)30(3)11-14/h5,7-12,15H,6H2,1-4H3,(H,24,32)(H,25,34)(H,27,33)(H,35,36). The number of hydrogen-bond acceptors (Lipinski definition) is 6. The zero-order valence-electron chi connectivity index (χ0n) is 20.1. The molecule has 13 nitrogen and oxygen atoms in total. The Kier molecular flexibility index (Phi) is 6.38. The van der Waals surface area contributed by atoms with Crippen LogP contribution in [0.25, 0.3) is 0 Å². The second-order valence-corrected chi connectivity index (χ2v) is 8.51. The number of hydrogen-bond donors (Lipinski definition) is 4. The summed E-state index contributed by atoms with van der Waals surface area (Å²) in [7, 11) is 6.65. The van der Waals surface area contributed by atoms with Gasteiger partial charge in [0.15, 0.2) is 5.82 Å². The van der Waals surface area contributed by atoms with Crippen molar-refractivity contribution in [3.8, 4) is 0 Å². The van der Waals surface area contributed by atoms with Gasteiger partial charge in [0.2, 0.25) is 11.7 Å². The Hall–Kier alpha value is -4.81. The van der Waals surface area contributed by atoms with Gasteiger partial charge in [0.05, 0.1) is 11.4 Å². The van der Waals surface area contributed by atoms with Crippen LogP contribution in [0.1, 0.15) is 38.0 Å². The van der Waals surface area contributed by atoms with Gasteiger partial charge in [-0.25, -0.2) is 9.78 Å². The van der Waals surface area contributed by atoms with Crippen LogP contribution in [-0.4, -0.2) is 65.5 Å². The highest BCUT2D eigenvalue weighted by molar-refractivity contribution is 6.06. The molecule has 3 aromatic heterocycles. The summed E-state index contributed by atoms with van der Waals surface area (Å²) in [5.41, 5.74) is 1.08. The average molecular weight is 495 g/mol. The van der Waals surface area contributed by atoms with Gasteiger partial charge in [-0.3, -0.25) is 14.4 Å². The van der Waals surface area contributed by atoms with Crippen molar-refractivity contribution in [2.24, 2.45) is 21.1 Å². The van der Waals surface area contributed by atoms with Crippen LogP contribution < -0.4 is 16.0 Å². The van der Waals surface area contributed by atoms with Crippen molar-refractivity contribution < 1.29 is 24.3 Å². The fourth-order valence-corrected chi connectivity index (χ4v) is 3.95. The minimum absolute atomic E-state index is 0.0140. The van der Waals surface area contributed by atoms with Crippen molar-refractivity contribution in [3.63, 3.8) is 0 Å². The molecule has 3 amide bonds. The zero-order chi connectivity index (χ0) is 26.1. The number of rotatable bonds is 7. The number of carbonyl (C=O) groups excluding carboxylic acids is 3. The van der Waals surface area contributed by atoms with Gasteiger partial charge in [-0.05, 0) is 24.8 Å². The van der Waals surface area contributed by atoms with Crippen molar-refractivity contribution in [1.29, 1.82) is 0 Å². The first-order valence-corrected chi connectivity index (χ1v) is 10.9. The second kappa shape index (κ2) is 9.44. The molecule has 4 N–H and O–H groups in total. The summed E-state index contributed by atoms with van der Waals surface area (Å²) in [6, 6.07) is 2.59. The summed E-state index contributed by atoms with van der Waals surface area (Å²) in [6.07, 6.45) is 8.97. The van der Waals surface area contributed by atoms with E-state index in [4.69, 9.17) is 5.11 Å². The number of aryl methyl sites for hydroxylation is 3. The van der Waals surface area contributed by atoms with Crippen molar-refractivity contribution in [2.75, 3.05) is 23.0 Å². The molecule has 188 valence electrons. The maximum Gasteiger partial charge on any atom is 0.352 e. The van der Waals surface area contributed by atoms with Crippen molar-refractivity contribution in [2.45, 2.75) is 12.5 Å². The first-order chi connectivity index (χ1) is 17.0. The Labute approximate surface area is 206 Å². The molecule has 1 atom stereocenters. The fraction of sp³-hybridized carbons (Fsp3) is 0.261. The van der Waals surface area contributed by atoms with Crippen LogP contribution in [0.5, 0.6) is 0 Å². The van der Waals surface area contributed by atoms with Gasteiger partial charge in [-0.15, -0.1) is 0 Å². The minimum Gasteiger partial charge on any atom is -0.477 e. The van der Waals surface area contributed by atoms with E-state index < -0.39 is 17.8 Å². The zero-order valence-corrected chi connectivity index (χ0v) is 20.1. The number of aromatic carboxylic acids is 1. The highest BCUT2D eigenvalue weighted by Crippen LogP contribution is 2.19. The summed E-state index contributed by atoms with van der Waals surface area (Å²) in [5.74, 6) is -2.18. The number of amides is 3. The molecule has 13 heteroatoms. The maximum absolute atomic E-state index is 12.9. The van der Waals surface area contributed by atoms with Gasteiger partial charge < -0.3 is 39.7 Å². The van der Waals surface area contributed by atoms with Gasteiger partial charge in [0.25, 0.3) is 11.8 Å². The number of likely N-dealkylation sites (N-methyl/N-ethyl adjacent to an activating group) is 1.